The van der Waals surface area contributed by atoms with Gasteiger partial charge in [-0.1, -0.05) is 23.7 Å². The predicted molar refractivity (Wildman–Crippen MR) is 89.7 cm³/mol. The number of halogens is 1. The summed E-state index contributed by atoms with van der Waals surface area (Å²) in [5.41, 5.74) is 2.00. The monoisotopic (exact) mass is 347 g/mol. The van der Waals surface area contributed by atoms with Gasteiger partial charge in [-0.05, 0) is 29.3 Å². The third-order valence-electron chi connectivity index (χ3n) is 4.04. The summed E-state index contributed by atoms with van der Waals surface area (Å²) in [6.07, 6.45) is 0.168. The first kappa shape index (κ1) is 15.7. The zero-order valence-corrected chi connectivity index (χ0v) is 13.9. The van der Waals surface area contributed by atoms with Crippen LogP contribution in [-0.4, -0.2) is 44.1 Å². The van der Waals surface area contributed by atoms with Gasteiger partial charge in [0.2, 0.25) is 5.88 Å². The molecule has 1 aromatic heterocycles. The van der Waals surface area contributed by atoms with Crippen LogP contribution in [0.4, 0.5) is 0 Å². The molecule has 5 nitrogen and oxygen atoms in total. The van der Waals surface area contributed by atoms with Gasteiger partial charge < -0.3 is 18.9 Å². The molecule has 0 N–H and O–H groups in total. The van der Waals surface area contributed by atoms with Gasteiger partial charge in [0.1, 0.15) is 17.0 Å². The van der Waals surface area contributed by atoms with Crippen LogP contribution in [0.15, 0.2) is 36.4 Å². The highest BCUT2D eigenvalue weighted by molar-refractivity contribution is 6.29. The van der Waals surface area contributed by atoms with Crippen molar-refractivity contribution in [2.45, 2.75) is 6.10 Å². The van der Waals surface area contributed by atoms with E-state index >= 15 is 0 Å². The zero-order valence-electron chi connectivity index (χ0n) is 13.1. The van der Waals surface area contributed by atoms with Crippen molar-refractivity contribution in [1.29, 1.82) is 0 Å². The first-order valence-corrected chi connectivity index (χ1v) is 8.37. The number of hydrogen-bond donors (Lipinski definition) is 0. The summed E-state index contributed by atoms with van der Waals surface area (Å²) in [4.78, 5) is 4.23. The molecule has 0 atom stereocenters. The third-order valence-corrected chi connectivity index (χ3v) is 4.24. The van der Waals surface area contributed by atoms with Crippen molar-refractivity contribution in [2.75, 3.05) is 33.0 Å². The minimum atomic E-state index is 0.168. The number of benzene rings is 1. The Hall–Kier alpha value is -1.82. The smallest absolute Gasteiger partial charge is 0.215 e. The molecule has 0 unspecified atom stereocenters. The fraction of sp³-hybridized carbons (Fsp3) is 0.389. The van der Waals surface area contributed by atoms with E-state index in [0.717, 1.165) is 30.1 Å². The molecular weight excluding hydrogens is 330 g/mol. The summed E-state index contributed by atoms with van der Waals surface area (Å²) in [7, 11) is 0. The van der Waals surface area contributed by atoms with Crippen molar-refractivity contribution >= 4 is 11.6 Å². The van der Waals surface area contributed by atoms with Gasteiger partial charge in [0.15, 0.2) is 0 Å². The summed E-state index contributed by atoms with van der Waals surface area (Å²) in [5, 5.41) is 0.416. The number of ether oxygens (including phenoxy) is 4. The Labute approximate surface area is 145 Å². The van der Waals surface area contributed by atoms with Gasteiger partial charge in [-0.15, -0.1) is 0 Å². The minimum Gasteiger partial charge on any atom is -0.486 e. The van der Waals surface area contributed by atoms with E-state index in [9.17, 15) is 0 Å². The van der Waals surface area contributed by atoms with Crippen molar-refractivity contribution in [1.82, 2.24) is 4.98 Å². The van der Waals surface area contributed by atoms with Gasteiger partial charge in [0.25, 0.3) is 0 Å². The Balaban J connectivity index is 1.46. The Morgan fingerprint density at radius 2 is 1.75 bits per heavy atom. The second-order valence-corrected chi connectivity index (χ2v) is 6.42. The highest BCUT2D eigenvalue weighted by atomic mass is 35.5. The lowest BCUT2D eigenvalue weighted by Crippen LogP contribution is -2.38. The fourth-order valence-corrected chi connectivity index (χ4v) is 2.70. The van der Waals surface area contributed by atoms with E-state index in [0.29, 0.717) is 36.8 Å². The van der Waals surface area contributed by atoms with Crippen molar-refractivity contribution < 1.29 is 18.9 Å². The lowest BCUT2D eigenvalue weighted by atomic mass is 10.1. The first-order valence-electron chi connectivity index (χ1n) is 7.99. The molecule has 0 spiro atoms. The largest absolute Gasteiger partial charge is 0.486 e. The van der Waals surface area contributed by atoms with E-state index in [4.69, 9.17) is 30.5 Å². The highest BCUT2D eigenvalue weighted by Crippen LogP contribution is 2.28. The Morgan fingerprint density at radius 1 is 1.00 bits per heavy atom. The third kappa shape index (κ3) is 3.64. The van der Waals surface area contributed by atoms with E-state index < -0.39 is 0 Å². The van der Waals surface area contributed by atoms with Gasteiger partial charge >= 0.3 is 0 Å². The maximum Gasteiger partial charge on any atom is 0.215 e. The molecule has 2 aliphatic rings. The lowest BCUT2D eigenvalue weighted by molar-refractivity contribution is -0.0796. The molecule has 2 aliphatic heterocycles. The van der Waals surface area contributed by atoms with E-state index in [2.05, 4.69) is 4.98 Å². The van der Waals surface area contributed by atoms with Gasteiger partial charge in [0.05, 0.1) is 33.0 Å². The number of pyridine rings is 1. The Bertz CT molecular complexity index is 699. The van der Waals surface area contributed by atoms with Crippen LogP contribution in [-0.2, 0) is 9.47 Å². The molecule has 2 aromatic rings. The van der Waals surface area contributed by atoms with Crippen LogP contribution < -0.4 is 9.47 Å². The van der Waals surface area contributed by atoms with E-state index in [1.807, 2.05) is 36.4 Å². The van der Waals surface area contributed by atoms with Crippen LogP contribution in [0.3, 0.4) is 0 Å². The van der Waals surface area contributed by atoms with Crippen LogP contribution in [0.1, 0.15) is 0 Å². The van der Waals surface area contributed by atoms with Crippen molar-refractivity contribution in [3.63, 3.8) is 0 Å². The predicted octanol–water partition coefficient (Wildman–Crippen LogP) is 3.20. The first-order chi connectivity index (χ1) is 11.8. The summed E-state index contributed by atoms with van der Waals surface area (Å²) >= 11 is 6.14. The average Bonchev–Trinajstić information content (AvgIpc) is 2.49. The van der Waals surface area contributed by atoms with Crippen LogP contribution in [0.5, 0.6) is 11.6 Å². The molecule has 0 amide bonds. The molecule has 0 saturated carbocycles. The zero-order chi connectivity index (χ0) is 16.4. The minimum absolute atomic E-state index is 0.168. The maximum absolute atomic E-state index is 6.14. The molecule has 0 bridgehead atoms. The standard InChI is InChI=1S/C18H18ClNO4/c19-17-5-14(6-18(20-17)23-9-12-7-21-8-12)13-1-3-15(4-2-13)24-16-10-22-11-16/h1-6,12,16H,7-11H2. The van der Waals surface area contributed by atoms with Crippen LogP contribution in [0.25, 0.3) is 11.1 Å². The normalized spacial score (nSPS) is 17.9. The summed E-state index contributed by atoms with van der Waals surface area (Å²) in [6.45, 7) is 3.42. The second kappa shape index (κ2) is 6.97. The van der Waals surface area contributed by atoms with Crippen molar-refractivity contribution in [2.24, 2.45) is 5.92 Å². The van der Waals surface area contributed by atoms with Crippen LogP contribution >= 0.6 is 11.6 Å². The molecule has 0 radical (unpaired) electrons. The molecule has 2 fully saturated rings. The van der Waals surface area contributed by atoms with E-state index in [1.54, 1.807) is 0 Å². The SMILES string of the molecule is Clc1cc(-c2ccc(OC3COC3)cc2)cc(OCC2COC2)n1. The molecular formula is C18H18ClNO4. The highest BCUT2D eigenvalue weighted by Gasteiger charge is 2.20. The van der Waals surface area contributed by atoms with E-state index in [-0.39, 0.29) is 6.10 Å². The number of nitrogens with zero attached hydrogens (tertiary/aromatic N) is 1. The van der Waals surface area contributed by atoms with Gasteiger partial charge in [-0.25, -0.2) is 4.98 Å². The number of aromatic nitrogens is 1. The average molecular weight is 348 g/mol. The van der Waals surface area contributed by atoms with Crippen LogP contribution in [0, 0.1) is 5.92 Å². The van der Waals surface area contributed by atoms with Crippen LogP contribution in [0.2, 0.25) is 5.15 Å². The number of rotatable bonds is 6. The molecule has 24 heavy (non-hydrogen) atoms. The lowest BCUT2D eigenvalue weighted by Gasteiger charge is -2.26. The molecule has 2 saturated heterocycles. The quantitative estimate of drug-likeness (QED) is 0.751. The van der Waals surface area contributed by atoms with E-state index in [1.165, 1.54) is 0 Å². The van der Waals surface area contributed by atoms with Gasteiger partial charge in [-0.3, -0.25) is 0 Å². The molecule has 4 rings (SSSR count). The Morgan fingerprint density at radius 3 is 2.38 bits per heavy atom. The Kier molecular flexibility index (Phi) is 4.56. The molecule has 126 valence electrons. The summed E-state index contributed by atoms with van der Waals surface area (Å²) in [5.74, 6) is 1.83. The van der Waals surface area contributed by atoms with Gasteiger partial charge in [0, 0.05) is 12.0 Å². The molecule has 6 heteroatoms. The fourth-order valence-electron chi connectivity index (χ4n) is 2.50. The van der Waals surface area contributed by atoms with Gasteiger partial charge in [-0.2, -0.15) is 0 Å². The molecule has 1 aromatic carbocycles. The molecule has 3 heterocycles. The number of hydrogen-bond acceptors (Lipinski definition) is 5. The van der Waals surface area contributed by atoms with Crippen molar-refractivity contribution in [3.05, 3.63) is 41.6 Å². The molecule has 0 aliphatic carbocycles. The second-order valence-electron chi connectivity index (χ2n) is 6.03. The maximum atomic E-state index is 6.14. The summed E-state index contributed by atoms with van der Waals surface area (Å²) in [6, 6.07) is 11.6. The topological polar surface area (TPSA) is 49.8 Å². The van der Waals surface area contributed by atoms with Crippen molar-refractivity contribution in [3.8, 4) is 22.8 Å². The summed E-state index contributed by atoms with van der Waals surface area (Å²) < 4.78 is 21.8.